The van der Waals surface area contributed by atoms with Gasteiger partial charge in [0.05, 0.1) is 24.1 Å². The van der Waals surface area contributed by atoms with Crippen molar-refractivity contribution in [1.82, 2.24) is 30.0 Å². The monoisotopic (exact) mass is 407 g/mol. The van der Waals surface area contributed by atoms with E-state index in [1.807, 2.05) is 38.4 Å². The highest BCUT2D eigenvalue weighted by atomic mass is 15.3. The highest BCUT2D eigenvalue weighted by Gasteiger charge is 2.12. The van der Waals surface area contributed by atoms with Crippen LogP contribution in [0.1, 0.15) is 31.1 Å². The first kappa shape index (κ1) is 21.6. The van der Waals surface area contributed by atoms with E-state index >= 15 is 0 Å². The van der Waals surface area contributed by atoms with Crippen molar-refractivity contribution >= 4 is 5.96 Å². The maximum atomic E-state index is 4.86. The highest BCUT2D eigenvalue weighted by Crippen LogP contribution is 2.16. The average Bonchev–Trinajstić information content (AvgIpc) is 3.31. The molecule has 3 aromatic rings. The molecule has 30 heavy (non-hydrogen) atoms. The van der Waals surface area contributed by atoms with Crippen LogP contribution in [-0.2, 0) is 13.1 Å². The summed E-state index contributed by atoms with van der Waals surface area (Å²) in [6.07, 6.45) is 1.89. The van der Waals surface area contributed by atoms with Crippen molar-refractivity contribution in [1.29, 1.82) is 0 Å². The summed E-state index contributed by atoms with van der Waals surface area (Å²) >= 11 is 0. The zero-order valence-electron chi connectivity index (χ0n) is 18.7. The number of nitrogens with zero attached hydrogens (tertiary/aromatic N) is 5. The fourth-order valence-corrected chi connectivity index (χ4v) is 3.43. The Kier molecular flexibility index (Phi) is 7.27. The molecule has 0 aliphatic rings. The molecule has 0 aliphatic carbocycles. The van der Waals surface area contributed by atoms with Crippen LogP contribution in [0.15, 0.2) is 47.6 Å². The van der Waals surface area contributed by atoms with Gasteiger partial charge in [0.25, 0.3) is 0 Å². The number of guanidine groups is 1. The van der Waals surface area contributed by atoms with Gasteiger partial charge in [0.2, 0.25) is 0 Å². The van der Waals surface area contributed by atoms with E-state index in [1.165, 1.54) is 5.69 Å². The molecule has 1 unspecified atom stereocenters. The number of aromatic nitrogens is 4. The number of aromatic amines is 1. The van der Waals surface area contributed by atoms with E-state index in [1.54, 1.807) is 0 Å². The summed E-state index contributed by atoms with van der Waals surface area (Å²) in [5.74, 6) is 2.19. The van der Waals surface area contributed by atoms with Crippen molar-refractivity contribution in [2.75, 3.05) is 20.1 Å². The minimum Gasteiger partial charge on any atom is -0.357 e. The highest BCUT2D eigenvalue weighted by molar-refractivity contribution is 5.79. The van der Waals surface area contributed by atoms with E-state index in [9.17, 15) is 0 Å². The Labute approximate surface area is 179 Å². The third-order valence-corrected chi connectivity index (χ3v) is 4.94. The standard InChI is InChI=1S/C23H33N7/c1-6-24-23(26-13-17(2)15-30-19(4)12-18(3)28-30)29(5)16-22-25-14-21(27-22)20-10-8-7-9-11-20/h7-12,14,17H,6,13,15-16H2,1-5H3,(H,24,26)(H,25,27). The summed E-state index contributed by atoms with van der Waals surface area (Å²) in [6, 6.07) is 12.4. The number of hydrogen-bond donors (Lipinski definition) is 2. The first-order chi connectivity index (χ1) is 14.5. The van der Waals surface area contributed by atoms with Crippen molar-refractivity contribution in [3.05, 3.63) is 59.8 Å². The van der Waals surface area contributed by atoms with Crippen LogP contribution in [-0.4, -0.2) is 50.7 Å². The van der Waals surface area contributed by atoms with E-state index in [-0.39, 0.29) is 0 Å². The van der Waals surface area contributed by atoms with E-state index in [4.69, 9.17) is 4.99 Å². The number of rotatable bonds is 8. The van der Waals surface area contributed by atoms with Gasteiger partial charge in [0.15, 0.2) is 5.96 Å². The molecule has 160 valence electrons. The number of H-pyrrole nitrogens is 1. The molecule has 0 radical (unpaired) electrons. The number of nitrogens with one attached hydrogen (secondary N) is 2. The summed E-state index contributed by atoms with van der Waals surface area (Å²) in [4.78, 5) is 14.9. The van der Waals surface area contributed by atoms with Gasteiger partial charge in [-0.25, -0.2) is 4.98 Å². The van der Waals surface area contributed by atoms with E-state index in [0.717, 1.165) is 48.4 Å². The number of aliphatic imine (C=N–C) groups is 1. The molecule has 0 fully saturated rings. The van der Waals surface area contributed by atoms with E-state index in [0.29, 0.717) is 12.5 Å². The fourth-order valence-electron chi connectivity index (χ4n) is 3.43. The molecule has 0 bridgehead atoms. The average molecular weight is 408 g/mol. The lowest BCUT2D eigenvalue weighted by Gasteiger charge is -2.22. The molecule has 0 aliphatic heterocycles. The summed E-state index contributed by atoms with van der Waals surface area (Å²) in [5, 5.41) is 7.95. The van der Waals surface area contributed by atoms with Gasteiger partial charge in [0, 0.05) is 32.4 Å². The quantitative estimate of drug-likeness (QED) is 0.442. The van der Waals surface area contributed by atoms with Crippen molar-refractivity contribution in [3.63, 3.8) is 0 Å². The zero-order valence-corrected chi connectivity index (χ0v) is 18.7. The van der Waals surface area contributed by atoms with Crippen LogP contribution < -0.4 is 5.32 Å². The molecular weight excluding hydrogens is 374 g/mol. The molecular formula is C23H33N7. The molecule has 3 rings (SSSR count). The first-order valence-electron chi connectivity index (χ1n) is 10.6. The normalized spacial score (nSPS) is 12.8. The van der Waals surface area contributed by atoms with E-state index < -0.39 is 0 Å². The minimum absolute atomic E-state index is 0.387. The van der Waals surface area contributed by atoms with E-state index in [2.05, 4.69) is 68.9 Å². The Morgan fingerprint density at radius 2 is 2.03 bits per heavy atom. The minimum atomic E-state index is 0.387. The molecule has 0 saturated carbocycles. The van der Waals surface area contributed by atoms with Gasteiger partial charge in [-0.05, 0) is 38.3 Å². The topological polar surface area (TPSA) is 74.1 Å². The van der Waals surface area contributed by atoms with Gasteiger partial charge in [-0.3, -0.25) is 9.67 Å². The van der Waals surface area contributed by atoms with Crippen molar-refractivity contribution in [2.45, 2.75) is 40.8 Å². The molecule has 2 heterocycles. The number of aryl methyl sites for hydroxylation is 2. The Hall–Kier alpha value is -3.09. The lowest BCUT2D eigenvalue weighted by molar-refractivity contribution is 0.435. The van der Waals surface area contributed by atoms with Gasteiger partial charge in [-0.2, -0.15) is 5.10 Å². The summed E-state index contributed by atoms with van der Waals surface area (Å²) < 4.78 is 2.07. The van der Waals surface area contributed by atoms with Crippen molar-refractivity contribution < 1.29 is 0 Å². The van der Waals surface area contributed by atoms with Gasteiger partial charge < -0.3 is 15.2 Å². The zero-order chi connectivity index (χ0) is 21.5. The van der Waals surface area contributed by atoms with Crippen molar-refractivity contribution in [3.8, 4) is 11.3 Å². The van der Waals surface area contributed by atoms with Gasteiger partial charge in [-0.15, -0.1) is 0 Å². The van der Waals surface area contributed by atoms with Crippen LogP contribution in [0, 0.1) is 19.8 Å². The summed E-state index contributed by atoms with van der Waals surface area (Å²) in [5.41, 5.74) is 4.42. The smallest absolute Gasteiger partial charge is 0.194 e. The third kappa shape index (κ3) is 5.72. The van der Waals surface area contributed by atoms with Crippen LogP contribution >= 0.6 is 0 Å². The van der Waals surface area contributed by atoms with Gasteiger partial charge in [0.1, 0.15) is 5.82 Å². The Morgan fingerprint density at radius 3 is 2.70 bits per heavy atom. The molecule has 7 heteroatoms. The second-order valence-corrected chi connectivity index (χ2v) is 7.87. The van der Waals surface area contributed by atoms with Crippen LogP contribution in [0.5, 0.6) is 0 Å². The van der Waals surface area contributed by atoms with Gasteiger partial charge in [-0.1, -0.05) is 37.3 Å². The Morgan fingerprint density at radius 1 is 1.27 bits per heavy atom. The predicted molar refractivity (Wildman–Crippen MR) is 122 cm³/mol. The van der Waals surface area contributed by atoms with Crippen LogP contribution in [0.2, 0.25) is 0 Å². The molecule has 2 N–H and O–H groups in total. The maximum Gasteiger partial charge on any atom is 0.194 e. The third-order valence-electron chi connectivity index (χ3n) is 4.94. The SMILES string of the molecule is CCNC(=NCC(C)Cn1nc(C)cc1C)N(C)Cc1ncc(-c2ccccc2)[nH]1. The van der Waals surface area contributed by atoms with Crippen LogP contribution in [0.4, 0.5) is 0 Å². The molecule has 0 saturated heterocycles. The molecule has 2 aromatic heterocycles. The molecule has 0 amide bonds. The second kappa shape index (κ2) is 10.1. The predicted octanol–water partition coefficient (Wildman–Crippen LogP) is 3.62. The fraction of sp³-hybridized carbons (Fsp3) is 0.435. The van der Waals surface area contributed by atoms with Crippen molar-refractivity contribution in [2.24, 2.45) is 10.9 Å². The summed E-state index contributed by atoms with van der Waals surface area (Å²) in [7, 11) is 2.04. The Bertz CT molecular complexity index is 955. The summed E-state index contributed by atoms with van der Waals surface area (Å²) in [6.45, 7) is 11.5. The molecule has 7 nitrogen and oxygen atoms in total. The lowest BCUT2D eigenvalue weighted by Crippen LogP contribution is -2.39. The Balaban J connectivity index is 1.62. The first-order valence-corrected chi connectivity index (χ1v) is 10.6. The number of hydrogen-bond acceptors (Lipinski definition) is 3. The molecule has 0 spiro atoms. The van der Waals surface area contributed by atoms with Crippen LogP contribution in [0.3, 0.4) is 0 Å². The lowest BCUT2D eigenvalue weighted by atomic mass is 10.2. The van der Waals surface area contributed by atoms with Crippen LogP contribution in [0.25, 0.3) is 11.3 Å². The molecule has 1 aromatic carbocycles. The number of benzene rings is 1. The second-order valence-electron chi connectivity index (χ2n) is 7.87. The maximum absolute atomic E-state index is 4.86. The number of imidazole rings is 1. The largest absolute Gasteiger partial charge is 0.357 e. The van der Waals surface area contributed by atoms with Gasteiger partial charge >= 0.3 is 0 Å². The molecule has 1 atom stereocenters.